The van der Waals surface area contributed by atoms with Crippen LogP contribution in [0.3, 0.4) is 0 Å². The first-order valence-electron chi connectivity index (χ1n) is 0.516. The van der Waals surface area contributed by atoms with E-state index in [0.717, 1.165) is 0 Å². The fourth-order valence-corrected chi connectivity index (χ4v) is 0. The Bertz CT molecular complexity index is 55.3. The van der Waals surface area contributed by atoms with Gasteiger partial charge in [0.15, 0.2) is 0 Å². The summed E-state index contributed by atoms with van der Waals surface area (Å²) in [6.07, 6.45) is 0. The van der Waals surface area contributed by atoms with E-state index in [4.69, 9.17) is 13.0 Å². The molecular formula is HMoO3S-. The van der Waals surface area contributed by atoms with Gasteiger partial charge in [0.1, 0.15) is 0 Å². The Kier molecular flexibility index (Phi) is 8.41. The molecule has 0 spiro atoms. The Hall–Kier alpha value is 0.598. The molecule has 0 rings (SSSR count). The second kappa shape index (κ2) is 4.60. The van der Waals surface area contributed by atoms with Crippen LogP contribution in [0.4, 0.5) is 0 Å². The third-order valence-electron chi connectivity index (χ3n) is 0. The maximum atomic E-state index is 8.56. The minimum Gasteiger partial charge on any atom is -0.439 e. The molecule has 0 amide bonds. The van der Waals surface area contributed by atoms with Gasteiger partial charge in [0.2, 0.25) is 0 Å². The van der Waals surface area contributed by atoms with Gasteiger partial charge in [0.05, 0.1) is 0 Å². The SMILES string of the molecule is O=[S-](=O)O.[Mo]. The van der Waals surface area contributed by atoms with E-state index in [1.807, 2.05) is 0 Å². The average Bonchev–Trinajstić information content (AvgIpc) is 0.811. The van der Waals surface area contributed by atoms with Gasteiger partial charge in [0, 0.05) is 32.1 Å². The maximum absolute atomic E-state index is 8.56. The Morgan fingerprint density at radius 2 is 1.40 bits per heavy atom. The van der Waals surface area contributed by atoms with E-state index in [0.29, 0.717) is 0 Å². The number of hydrogen-bond acceptors (Lipinski definition) is 3. The molecule has 5 heavy (non-hydrogen) atoms. The van der Waals surface area contributed by atoms with Crippen molar-refractivity contribution in [1.29, 1.82) is 0 Å². The second-order valence-corrected chi connectivity index (χ2v) is 0.651. The van der Waals surface area contributed by atoms with Gasteiger partial charge in [-0.25, -0.2) is 0 Å². The zero-order valence-corrected chi connectivity index (χ0v) is 4.90. The summed E-state index contributed by atoms with van der Waals surface area (Å²) < 4.78 is 24.1. The van der Waals surface area contributed by atoms with Crippen molar-refractivity contribution in [2.24, 2.45) is 0 Å². The summed E-state index contributed by atoms with van der Waals surface area (Å²) in [6.45, 7) is 0. The van der Waals surface area contributed by atoms with Crippen LogP contribution in [0.5, 0.6) is 0 Å². The summed E-state index contributed by atoms with van der Waals surface area (Å²) in [6, 6.07) is 0. The van der Waals surface area contributed by atoms with Crippen molar-refractivity contribution in [2.45, 2.75) is 0 Å². The van der Waals surface area contributed by atoms with E-state index in [2.05, 4.69) is 0 Å². The molecule has 0 unspecified atom stereocenters. The first-order valence-corrected chi connectivity index (χ1v) is 1.55. The molecule has 0 atom stereocenters. The summed E-state index contributed by atoms with van der Waals surface area (Å²) >= 11 is 0. The van der Waals surface area contributed by atoms with Gasteiger partial charge in [-0.2, -0.15) is 0 Å². The molecule has 0 aromatic rings. The van der Waals surface area contributed by atoms with Crippen LogP contribution in [0.15, 0.2) is 0 Å². The molecule has 0 fully saturated rings. The van der Waals surface area contributed by atoms with E-state index in [-0.39, 0.29) is 21.1 Å². The fourth-order valence-electron chi connectivity index (χ4n) is 0. The van der Waals surface area contributed by atoms with Gasteiger partial charge >= 0.3 is 0 Å². The first kappa shape index (κ1) is 9.14. The average molecular weight is 177 g/mol. The summed E-state index contributed by atoms with van der Waals surface area (Å²) in [7, 11) is -2.86. The van der Waals surface area contributed by atoms with E-state index < -0.39 is 11.0 Å². The molecule has 32 valence electrons. The summed E-state index contributed by atoms with van der Waals surface area (Å²) in [5, 5.41) is 0. The Labute approximate surface area is 45.4 Å². The molecule has 0 saturated heterocycles. The number of hydrogen-bond donors (Lipinski definition) is 1. The third-order valence-corrected chi connectivity index (χ3v) is 0. The van der Waals surface area contributed by atoms with Gasteiger partial charge in [-0.1, -0.05) is 0 Å². The van der Waals surface area contributed by atoms with Gasteiger partial charge in [-0.3, -0.25) is 0 Å². The molecule has 0 saturated carbocycles. The molecule has 0 aliphatic carbocycles. The molecule has 5 heteroatoms. The van der Waals surface area contributed by atoms with Crippen LogP contribution in [-0.4, -0.2) is 4.55 Å². The van der Waals surface area contributed by atoms with E-state index in [1.165, 1.54) is 0 Å². The largest absolute Gasteiger partial charge is 0.439 e. The van der Waals surface area contributed by atoms with Crippen LogP contribution in [0.1, 0.15) is 0 Å². The predicted molar refractivity (Wildman–Crippen MR) is 11.4 cm³/mol. The second-order valence-electron chi connectivity index (χ2n) is 0.217. The molecule has 0 heterocycles. The van der Waals surface area contributed by atoms with Crippen molar-refractivity contribution in [1.82, 2.24) is 0 Å². The molecule has 0 aromatic heterocycles. The van der Waals surface area contributed by atoms with E-state index >= 15 is 0 Å². The van der Waals surface area contributed by atoms with Crippen LogP contribution in [0.25, 0.3) is 0 Å². The minimum atomic E-state index is -2.86. The van der Waals surface area contributed by atoms with Crippen molar-refractivity contribution in [2.75, 3.05) is 0 Å². The molecule has 1 N–H and O–H groups in total. The standard InChI is InChI=1S/Mo.HO3S/c;1-4(2)3/h;(H,1,2,3)/q;-1. The Morgan fingerprint density at radius 1 is 1.40 bits per heavy atom. The Balaban J connectivity index is 0. The zero-order valence-electron chi connectivity index (χ0n) is 2.08. The molecule has 0 aromatic carbocycles. The Morgan fingerprint density at radius 3 is 1.40 bits per heavy atom. The molecule has 0 bridgehead atoms. The third kappa shape index (κ3) is 86.7. The molecule has 0 radical (unpaired) electrons. The van der Waals surface area contributed by atoms with Gasteiger partial charge in [-0.05, 0) is 0 Å². The normalized spacial score (nSPS) is 6.80. The quantitative estimate of drug-likeness (QED) is 0.240. The van der Waals surface area contributed by atoms with Crippen LogP contribution < -0.4 is 0 Å². The van der Waals surface area contributed by atoms with Crippen LogP contribution in [-0.2, 0) is 40.5 Å². The number of rotatable bonds is 0. The van der Waals surface area contributed by atoms with Crippen LogP contribution in [0.2, 0.25) is 0 Å². The van der Waals surface area contributed by atoms with Crippen LogP contribution in [0, 0.1) is 0 Å². The van der Waals surface area contributed by atoms with Crippen molar-refractivity contribution in [3.63, 3.8) is 0 Å². The zero-order chi connectivity index (χ0) is 3.58. The monoisotopic (exact) mass is 179 g/mol. The minimum absolute atomic E-state index is 0. The molecule has 0 aliphatic heterocycles. The van der Waals surface area contributed by atoms with Gasteiger partial charge in [-0.15, -0.1) is 0 Å². The fraction of sp³-hybridized carbons (Fsp3) is 0. The summed E-state index contributed by atoms with van der Waals surface area (Å²) in [5.74, 6) is 0. The van der Waals surface area contributed by atoms with E-state index in [9.17, 15) is 0 Å². The maximum Gasteiger partial charge on any atom is 0.0495 e. The van der Waals surface area contributed by atoms with Crippen molar-refractivity contribution in [3.05, 3.63) is 0 Å². The predicted octanol–water partition coefficient (Wildman–Crippen LogP) is -0.234. The summed E-state index contributed by atoms with van der Waals surface area (Å²) in [4.78, 5) is 0. The van der Waals surface area contributed by atoms with Crippen LogP contribution >= 0.6 is 0 Å². The topological polar surface area (TPSA) is 54.4 Å². The summed E-state index contributed by atoms with van der Waals surface area (Å²) in [5.41, 5.74) is 0. The first-order chi connectivity index (χ1) is 1.73. The van der Waals surface area contributed by atoms with Gasteiger partial charge in [0.25, 0.3) is 0 Å². The van der Waals surface area contributed by atoms with E-state index in [1.54, 1.807) is 0 Å². The van der Waals surface area contributed by atoms with Gasteiger partial charge < -0.3 is 13.0 Å². The van der Waals surface area contributed by atoms with Crippen molar-refractivity contribution < 1.29 is 34.0 Å². The smallest absolute Gasteiger partial charge is 0.0495 e. The van der Waals surface area contributed by atoms with Crippen molar-refractivity contribution in [3.8, 4) is 0 Å². The molecule has 3 nitrogen and oxygen atoms in total. The van der Waals surface area contributed by atoms with Crippen molar-refractivity contribution >= 4 is 11.0 Å². The molecular weight excluding hydrogens is 176 g/mol. The molecule has 0 aliphatic rings.